The molecule has 2 aliphatic carbocycles. The van der Waals surface area contributed by atoms with Gasteiger partial charge in [0, 0.05) is 17.1 Å². The van der Waals surface area contributed by atoms with Crippen LogP contribution < -0.4 is 10.0 Å². The molecule has 1 heterocycles. The molecule has 2 unspecified atom stereocenters. The third-order valence-electron chi connectivity index (χ3n) is 6.19. The van der Waals surface area contributed by atoms with Crippen molar-refractivity contribution in [3.05, 3.63) is 39.8 Å². The van der Waals surface area contributed by atoms with E-state index in [1.807, 2.05) is 7.05 Å². The second kappa shape index (κ2) is 8.17. The maximum Gasteiger partial charge on any atom is 0.331 e. The fraction of sp³-hybridized carbons (Fsp3) is 0.524. The van der Waals surface area contributed by atoms with Crippen molar-refractivity contribution in [3.63, 3.8) is 0 Å². The number of nitriles is 1. The van der Waals surface area contributed by atoms with E-state index in [0.717, 1.165) is 63.6 Å². The van der Waals surface area contributed by atoms with E-state index in [0.29, 0.717) is 0 Å². The Morgan fingerprint density at radius 2 is 1.93 bits per heavy atom. The van der Waals surface area contributed by atoms with E-state index < -0.39 is 15.9 Å². The highest BCUT2D eigenvalue weighted by atomic mass is 32.2. The molecule has 0 radical (unpaired) electrons. The first-order chi connectivity index (χ1) is 14.0. The van der Waals surface area contributed by atoms with Crippen LogP contribution in [0.2, 0.25) is 0 Å². The van der Waals surface area contributed by atoms with Crippen molar-refractivity contribution in [1.29, 1.82) is 5.26 Å². The smallest absolute Gasteiger partial charge is 0.307 e. The lowest BCUT2D eigenvalue weighted by Crippen LogP contribution is -2.34. The number of likely N-dealkylation sites (tertiary alicyclic amines) is 1. The van der Waals surface area contributed by atoms with E-state index in [-0.39, 0.29) is 6.04 Å². The topological polar surface area (TPSA) is 97.6 Å². The van der Waals surface area contributed by atoms with Crippen LogP contribution in [0.15, 0.2) is 21.9 Å². The molecule has 1 aromatic rings. The number of benzene rings is 1. The van der Waals surface area contributed by atoms with E-state index in [4.69, 9.17) is 5.26 Å². The molecule has 1 saturated heterocycles. The second-order valence-electron chi connectivity index (χ2n) is 8.07. The molecule has 0 spiro atoms. The summed E-state index contributed by atoms with van der Waals surface area (Å²) in [7, 11) is -1.30. The van der Waals surface area contributed by atoms with Gasteiger partial charge in [-0.05, 0) is 87.2 Å². The molecule has 3 aliphatic rings. The Hall–Kier alpha value is -2.37. The summed E-state index contributed by atoms with van der Waals surface area (Å²) in [5, 5.41) is 13.3. The number of fused-ring (bicyclic) bond motifs is 2. The molecule has 2 atom stereocenters. The van der Waals surface area contributed by atoms with Crippen molar-refractivity contribution in [3.8, 4) is 6.19 Å². The van der Waals surface area contributed by atoms with Gasteiger partial charge in [-0.25, -0.2) is 13.7 Å². The number of nitrogens with one attached hydrogen (secondary N) is 2. The normalized spacial score (nSPS) is 22.7. The largest absolute Gasteiger partial charge is 0.331 e. The Labute approximate surface area is 172 Å². The minimum Gasteiger partial charge on any atom is -0.307 e. The molecule has 8 heteroatoms. The maximum atomic E-state index is 13.1. The number of aryl methyl sites for hydroxylation is 2. The van der Waals surface area contributed by atoms with Crippen molar-refractivity contribution in [1.82, 2.24) is 9.62 Å². The highest BCUT2D eigenvalue weighted by Crippen LogP contribution is 2.38. The highest BCUT2D eigenvalue weighted by molar-refractivity contribution is 7.95. The number of carbonyl (C=O) groups is 1. The number of amides is 2. The summed E-state index contributed by atoms with van der Waals surface area (Å²) in [6, 6.07) is 1.87. The van der Waals surface area contributed by atoms with E-state index in [9.17, 15) is 9.00 Å². The van der Waals surface area contributed by atoms with Gasteiger partial charge >= 0.3 is 6.03 Å². The average molecular weight is 414 g/mol. The molecule has 2 N–H and O–H groups in total. The lowest BCUT2D eigenvalue weighted by atomic mass is 9.99. The molecule has 1 aliphatic heterocycles. The van der Waals surface area contributed by atoms with Gasteiger partial charge in [0.15, 0.2) is 9.92 Å². The molecule has 4 rings (SSSR count). The van der Waals surface area contributed by atoms with Gasteiger partial charge in [0.25, 0.3) is 0 Å². The zero-order valence-electron chi connectivity index (χ0n) is 16.7. The minimum atomic E-state index is -3.30. The molecule has 1 fully saturated rings. The second-order valence-corrected chi connectivity index (χ2v) is 9.87. The number of rotatable bonds is 4. The Morgan fingerprint density at radius 1 is 1.24 bits per heavy atom. The van der Waals surface area contributed by atoms with Gasteiger partial charge in [-0.2, -0.15) is 5.26 Å². The number of anilines is 1. The summed E-state index contributed by atoms with van der Waals surface area (Å²) in [6.45, 7) is 0.976. The van der Waals surface area contributed by atoms with Gasteiger partial charge in [-0.15, -0.1) is 0 Å². The molecule has 2 amide bonds. The lowest BCUT2D eigenvalue weighted by Gasteiger charge is -2.17. The summed E-state index contributed by atoms with van der Waals surface area (Å²) in [6.07, 6.45) is 11.6. The molecule has 1 aromatic carbocycles. The van der Waals surface area contributed by atoms with E-state index in [1.165, 1.54) is 27.7 Å². The summed E-state index contributed by atoms with van der Waals surface area (Å²) in [5.41, 5.74) is 5.91. The Bertz CT molecular complexity index is 985. The number of nitrogens with zero attached hydrogens (tertiary/aromatic N) is 3. The van der Waals surface area contributed by atoms with Gasteiger partial charge in [0.2, 0.25) is 6.19 Å². The molecular weight excluding hydrogens is 386 g/mol. The predicted octanol–water partition coefficient (Wildman–Crippen LogP) is 3.26. The highest BCUT2D eigenvalue weighted by Gasteiger charge is 2.26. The van der Waals surface area contributed by atoms with Crippen LogP contribution in [-0.4, -0.2) is 34.8 Å². The van der Waals surface area contributed by atoms with Crippen LogP contribution in [0.4, 0.5) is 10.5 Å². The molecule has 29 heavy (non-hydrogen) atoms. The lowest BCUT2D eigenvalue weighted by molar-refractivity contribution is 0.257. The van der Waals surface area contributed by atoms with Gasteiger partial charge in [-0.1, -0.05) is 16.5 Å². The third kappa shape index (κ3) is 4.16. The van der Waals surface area contributed by atoms with E-state index >= 15 is 0 Å². The predicted molar refractivity (Wildman–Crippen MR) is 114 cm³/mol. The van der Waals surface area contributed by atoms with Crippen LogP contribution in [0, 0.1) is 11.5 Å². The Balaban J connectivity index is 1.55. The fourth-order valence-corrected chi connectivity index (χ4v) is 5.77. The van der Waals surface area contributed by atoms with Crippen LogP contribution in [-0.2, 0) is 35.6 Å². The summed E-state index contributed by atoms with van der Waals surface area (Å²) in [4.78, 5) is 14.9. The molecule has 0 aromatic heterocycles. The first kappa shape index (κ1) is 19.9. The molecule has 154 valence electrons. The number of urea groups is 1. The van der Waals surface area contributed by atoms with Gasteiger partial charge < -0.3 is 5.32 Å². The van der Waals surface area contributed by atoms with E-state index in [2.05, 4.69) is 25.4 Å². The van der Waals surface area contributed by atoms with Crippen LogP contribution in [0.3, 0.4) is 0 Å². The fourth-order valence-electron chi connectivity index (χ4n) is 4.76. The monoisotopic (exact) mass is 413 g/mol. The number of carbonyl (C=O) groups excluding carboxylic acids is 1. The SMILES string of the molecule is CN1CCCC1/C=C/S(=O)(=NC#N)NC(=O)Nc1c2c(cc3c1CCC3)CCC2. The first-order valence-corrected chi connectivity index (χ1v) is 11.9. The third-order valence-corrected chi connectivity index (χ3v) is 7.55. The molecule has 0 bridgehead atoms. The number of hydrogen-bond donors (Lipinski definition) is 2. The summed E-state index contributed by atoms with van der Waals surface area (Å²) < 4.78 is 19.0. The first-order valence-electron chi connectivity index (χ1n) is 10.3. The zero-order chi connectivity index (χ0) is 20.4. The van der Waals surface area contributed by atoms with Crippen LogP contribution in [0.1, 0.15) is 47.9 Å². The quantitative estimate of drug-likeness (QED) is 0.740. The average Bonchev–Trinajstić information content (AvgIpc) is 3.40. The van der Waals surface area contributed by atoms with Crippen LogP contribution in [0.5, 0.6) is 0 Å². The van der Waals surface area contributed by atoms with Crippen molar-refractivity contribution < 1.29 is 9.00 Å². The minimum absolute atomic E-state index is 0.148. The van der Waals surface area contributed by atoms with E-state index in [1.54, 1.807) is 12.3 Å². The Kier molecular flexibility index (Phi) is 5.61. The standard InChI is InChI=1S/C21H27N5O2S/c1-26-11-4-7-17(26)10-12-29(28,23-14-22)25-21(27)24-20-18-8-2-5-15(18)13-16-6-3-9-19(16)20/h10,12-13,17H,2-9,11H2,1H3,(H2,23,24,25,27,28)/b12-10+. The van der Waals surface area contributed by atoms with Gasteiger partial charge in [0.1, 0.15) is 0 Å². The van der Waals surface area contributed by atoms with Crippen molar-refractivity contribution in [2.24, 2.45) is 4.36 Å². The van der Waals surface area contributed by atoms with Crippen molar-refractivity contribution in [2.75, 3.05) is 18.9 Å². The number of hydrogen-bond acceptors (Lipinski definition) is 5. The summed E-state index contributed by atoms with van der Waals surface area (Å²) >= 11 is 0. The maximum absolute atomic E-state index is 13.1. The van der Waals surface area contributed by atoms with Crippen molar-refractivity contribution in [2.45, 2.75) is 57.4 Å². The number of likely N-dealkylation sites (N-methyl/N-ethyl adjacent to an activating group) is 1. The molecular formula is C21H27N5O2S. The summed E-state index contributed by atoms with van der Waals surface area (Å²) in [5.74, 6) is 0. The zero-order valence-corrected chi connectivity index (χ0v) is 17.6. The van der Waals surface area contributed by atoms with Crippen LogP contribution in [0.25, 0.3) is 0 Å². The molecule has 0 saturated carbocycles. The van der Waals surface area contributed by atoms with Gasteiger partial charge in [0.05, 0.1) is 0 Å². The Morgan fingerprint density at radius 3 is 2.52 bits per heavy atom. The van der Waals surface area contributed by atoms with Crippen molar-refractivity contribution >= 4 is 21.6 Å². The van der Waals surface area contributed by atoms with Crippen LogP contribution >= 0.6 is 0 Å². The molecule has 7 nitrogen and oxygen atoms in total. The van der Waals surface area contributed by atoms with Gasteiger partial charge in [-0.3, -0.25) is 4.90 Å².